The molecule has 0 atom stereocenters. The number of nitrogen functional groups attached to an aromatic ring is 1. The normalized spacial score (nSPS) is 24.9. The van der Waals surface area contributed by atoms with Crippen molar-refractivity contribution >= 4 is 5.82 Å². The SMILES string of the molecule is CN(C)[C@H]1CC[C@@H](Oc2ccc(N)nc2)CC1. The van der Waals surface area contributed by atoms with Crippen LogP contribution < -0.4 is 10.5 Å². The highest BCUT2D eigenvalue weighted by atomic mass is 16.5. The Bertz CT molecular complexity index is 342. The van der Waals surface area contributed by atoms with Crippen LogP contribution in [-0.4, -0.2) is 36.1 Å². The van der Waals surface area contributed by atoms with E-state index in [1.807, 2.05) is 6.07 Å². The number of ether oxygens (including phenoxy) is 1. The Morgan fingerprint density at radius 1 is 1.24 bits per heavy atom. The van der Waals surface area contributed by atoms with Gasteiger partial charge in [0.15, 0.2) is 0 Å². The third-order valence-corrected chi connectivity index (χ3v) is 3.44. The summed E-state index contributed by atoms with van der Waals surface area (Å²) in [4.78, 5) is 6.34. The van der Waals surface area contributed by atoms with Gasteiger partial charge in [-0.3, -0.25) is 0 Å². The fourth-order valence-corrected chi connectivity index (χ4v) is 2.33. The van der Waals surface area contributed by atoms with Gasteiger partial charge < -0.3 is 15.4 Å². The second-order valence-corrected chi connectivity index (χ2v) is 4.93. The van der Waals surface area contributed by atoms with Gasteiger partial charge in [-0.25, -0.2) is 4.98 Å². The standard InChI is InChI=1S/C13H21N3O/c1-16(2)10-3-5-11(6-4-10)17-12-7-8-13(14)15-9-12/h7-11H,3-6H2,1-2H3,(H2,14,15)/t10-,11+. The number of pyridine rings is 1. The number of aromatic nitrogens is 1. The molecule has 0 amide bonds. The van der Waals surface area contributed by atoms with Gasteiger partial charge in [-0.15, -0.1) is 0 Å². The molecule has 0 aromatic carbocycles. The zero-order valence-corrected chi connectivity index (χ0v) is 10.6. The molecule has 94 valence electrons. The van der Waals surface area contributed by atoms with Crippen LogP contribution in [0.25, 0.3) is 0 Å². The Balaban J connectivity index is 1.84. The van der Waals surface area contributed by atoms with E-state index in [9.17, 15) is 0 Å². The lowest BCUT2D eigenvalue weighted by Crippen LogP contribution is -2.35. The summed E-state index contributed by atoms with van der Waals surface area (Å²) in [5.74, 6) is 1.36. The van der Waals surface area contributed by atoms with Gasteiger partial charge >= 0.3 is 0 Å². The molecule has 0 saturated heterocycles. The molecule has 1 aliphatic carbocycles. The van der Waals surface area contributed by atoms with Crippen LogP contribution >= 0.6 is 0 Å². The molecular weight excluding hydrogens is 214 g/mol. The van der Waals surface area contributed by atoms with Crippen LogP contribution in [0, 0.1) is 0 Å². The van der Waals surface area contributed by atoms with E-state index in [1.54, 1.807) is 12.3 Å². The third kappa shape index (κ3) is 3.33. The molecule has 17 heavy (non-hydrogen) atoms. The van der Waals surface area contributed by atoms with Gasteiger partial charge in [-0.1, -0.05) is 0 Å². The lowest BCUT2D eigenvalue weighted by molar-refractivity contribution is 0.111. The first-order valence-corrected chi connectivity index (χ1v) is 6.20. The summed E-state index contributed by atoms with van der Waals surface area (Å²) >= 11 is 0. The Kier molecular flexibility index (Phi) is 3.84. The minimum atomic E-state index is 0.330. The maximum atomic E-state index is 5.90. The molecule has 0 spiro atoms. The quantitative estimate of drug-likeness (QED) is 0.869. The maximum absolute atomic E-state index is 5.90. The van der Waals surface area contributed by atoms with Crippen LogP contribution in [0.4, 0.5) is 5.82 Å². The first-order chi connectivity index (χ1) is 8.15. The van der Waals surface area contributed by atoms with Crippen molar-refractivity contribution in [2.45, 2.75) is 37.8 Å². The third-order valence-electron chi connectivity index (χ3n) is 3.44. The average molecular weight is 235 g/mol. The molecule has 1 aromatic rings. The molecule has 4 nitrogen and oxygen atoms in total. The lowest BCUT2D eigenvalue weighted by atomic mass is 9.92. The molecule has 2 rings (SSSR count). The van der Waals surface area contributed by atoms with Crippen molar-refractivity contribution in [3.8, 4) is 5.75 Å². The van der Waals surface area contributed by atoms with Crippen LogP contribution in [0.2, 0.25) is 0 Å². The molecule has 1 fully saturated rings. The largest absolute Gasteiger partial charge is 0.489 e. The number of nitrogens with two attached hydrogens (primary N) is 1. The number of nitrogens with zero attached hydrogens (tertiary/aromatic N) is 2. The van der Waals surface area contributed by atoms with E-state index in [1.165, 1.54) is 12.8 Å². The Morgan fingerprint density at radius 2 is 1.94 bits per heavy atom. The maximum Gasteiger partial charge on any atom is 0.138 e. The topological polar surface area (TPSA) is 51.4 Å². The highest BCUT2D eigenvalue weighted by molar-refractivity contribution is 5.32. The van der Waals surface area contributed by atoms with Crippen molar-refractivity contribution in [1.82, 2.24) is 9.88 Å². The van der Waals surface area contributed by atoms with Gasteiger partial charge in [0.1, 0.15) is 11.6 Å². The molecule has 2 N–H and O–H groups in total. The van der Waals surface area contributed by atoms with Crippen molar-refractivity contribution in [2.75, 3.05) is 19.8 Å². The number of hydrogen-bond donors (Lipinski definition) is 1. The molecule has 4 heteroatoms. The van der Waals surface area contributed by atoms with Crippen molar-refractivity contribution in [3.05, 3.63) is 18.3 Å². The van der Waals surface area contributed by atoms with Gasteiger partial charge in [-0.2, -0.15) is 0 Å². The summed E-state index contributed by atoms with van der Waals surface area (Å²) in [5, 5.41) is 0. The van der Waals surface area contributed by atoms with E-state index in [-0.39, 0.29) is 0 Å². The van der Waals surface area contributed by atoms with Crippen molar-refractivity contribution in [1.29, 1.82) is 0 Å². The van der Waals surface area contributed by atoms with Crippen LogP contribution in [-0.2, 0) is 0 Å². The van der Waals surface area contributed by atoms with Crippen LogP contribution in [0.5, 0.6) is 5.75 Å². The predicted octanol–water partition coefficient (Wildman–Crippen LogP) is 1.92. The van der Waals surface area contributed by atoms with E-state index in [0.717, 1.165) is 18.6 Å². The van der Waals surface area contributed by atoms with Crippen molar-refractivity contribution < 1.29 is 4.74 Å². The molecule has 1 saturated carbocycles. The monoisotopic (exact) mass is 235 g/mol. The number of anilines is 1. The van der Waals surface area contributed by atoms with Gasteiger partial charge in [0.2, 0.25) is 0 Å². The minimum absolute atomic E-state index is 0.330. The van der Waals surface area contributed by atoms with Crippen LogP contribution in [0.15, 0.2) is 18.3 Å². The molecule has 0 aliphatic heterocycles. The van der Waals surface area contributed by atoms with Gasteiger partial charge in [-0.05, 0) is 51.9 Å². The molecule has 1 aliphatic rings. The second kappa shape index (κ2) is 5.36. The molecular formula is C13H21N3O. The van der Waals surface area contributed by atoms with Crippen molar-refractivity contribution in [2.24, 2.45) is 0 Å². The summed E-state index contributed by atoms with van der Waals surface area (Å²) in [5.41, 5.74) is 5.54. The Hall–Kier alpha value is -1.29. The van der Waals surface area contributed by atoms with E-state index in [4.69, 9.17) is 10.5 Å². The molecule has 0 unspecified atom stereocenters. The van der Waals surface area contributed by atoms with E-state index in [0.29, 0.717) is 18.0 Å². The summed E-state index contributed by atoms with van der Waals surface area (Å²) in [7, 11) is 4.30. The summed E-state index contributed by atoms with van der Waals surface area (Å²) < 4.78 is 5.90. The zero-order valence-electron chi connectivity index (χ0n) is 10.6. The molecule has 0 bridgehead atoms. The second-order valence-electron chi connectivity index (χ2n) is 4.93. The van der Waals surface area contributed by atoms with E-state index >= 15 is 0 Å². The van der Waals surface area contributed by atoms with Crippen LogP contribution in [0.3, 0.4) is 0 Å². The fourth-order valence-electron chi connectivity index (χ4n) is 2.33. The number of rotatable bonds is 3. The molecule has 1 heterocycles. The van der Waals surface area contributed by atoms with Gasteiger partial charge in [0.25, 0.3) is 0 Å². The van der Waals surface area contributed by atoms with E-state index < -0.39 is 0 Å². The summed E-state index contributed by atoms with van der Waals surface area (Å²) in [6.45, 7) is 0. The molecule has 0 radical (unpaired) electrons. The predicted molar refractivity (Wildman–Crippen MR) is 69.0 cm³/mol. The van der Waals surface area contributed by atoms with Gasteiger partial charge in [0, 0.05) is 6.04 Å². The molecule has 1 aromatic heterocycles. The number of hydrogen-bond acceptors (Lipinski definition) is 4. The smallest absolute Gasteiger partial charge is 0.138 e. The minimum Gasteiger partial charge on any atom is -0.489 e. The fraction of sp³-hybridized carbons (Fsp3) is 0.615. The zero-order chi connectivity index (χ0) is 12.3. The Labute approximate surface area is 103 Å². The lowest BCUT2D eigenvalue weighted by Gasteiger charge is -2.32. The average Bonchev–Trinajstić information content (AvgIpc) is 2.33. The Morgan fingerprint density at radius 3 is 2.47 bits per heavy atom. The van der Waals surface area contributed by atoms with Crippen molar-refractivity contribution in [3.63, 3.8) is 0 Å². The van der Waals surface area contributed by atoms with Gasteiger partial charge in [0.05, 0.1) is 12.3 Å². The van der Waals surface area contributed by atoms with Crippen LogP contribution in [0.1, 0.15) is 25.7 Å². The summed E-state index contributed by atoms with van der Waals surface area (Å²) in [6, 6.07) is 4.38. The highest BCUT2D eigenvalue weighted by Crippen LogP contribution is 2.25. The van der Waals surface area contributed by atoms with E-state index in [2.05, 4.69) is 24.0 Å². The highest BCUT2D eigenvalue weighted by Gasteiger charge is 2.23. The summed E-state index contributed by atoms with van der Waals surface area (Å²) in [6.07, 6.45) is 6.69. The first kappa shape index (κ1) is 12.2. The first-order valence-electron chi connectivity index (χ1n) is 6.20.